The summed E-state index contributed by atoms with van der Waals surface area (Å²) in [6.45, 7) is 1.55. The van der Waals surface area contributed by atoms with Crippen molar-refractivity contribution >= 4 is 5.91 Å². The van der Waals surface area contributed by atoms with E-state index in [4.69, 9.17) is 0 Å². The number of aromatic nitrogens is 3. The lowest BCUT2D eigenvalue weighted by molar-refractivity contribution is 0.0711. The average molecular weight is 256 g/mol. The van der Waals surface area contributed by atoms with E-state index in [9.17, 15) is 4.79 Å². The predicted molar refractivity (Wildman–Crippen MR) is 70.7 cm³/mol. The average Bonchev–Trinajstić information content (AvgIpc) is 3.02. The second-order valence-corrected chi connectivity index (χ2v) is 4.78. The first-order valence-electron chi connectivity index (χ1n) is 6.53. The number of imidazole rings is 1. The van der Waals surface area contributed by atoms with E-state index in [-0.39, 0.29) is 5.91 Å². The number of nitrogens with zero attached hydrogens (tertiary/aromatic N) is 3. The Bertz CT molecular complexity index is 530. The van der Waals surface area contributed by atoms with E-state index in [1.54, 1.807) is 24.7 Å². The number of hydrogen-bond acceptors (Lipinski definition) is 3. The Morgan fingerprint density at radius 2 is 2.16 bits per heavy atom. The highest BCUT2D eigenvalue weighted by atomic mass is 16.2. The fraction of sp³-hybridized carbons (Fsp3) is 0.357. The molecule has 1 aliphatic rings. The molecule has 0 saturated carbocycles. The summed E-state index contributed by atoms with van der Waals surface area (Å²) in [6.07, 6.45) is 8.85. The normalized spacial score (nSPS) is 16.5. The summed E-state index contributed by atoms with van der Waals surface area (Å²) in [5, 5.41) is 0. The SMILES string of the molecule is O=C(c1cccnc1)N1CCC(c2ncc[nH]2)CC1. The highest BCUT2D eigenvalue weighted by Crippen LogP contribution is 2.25. The third kappa shape index (κ3) is 2.50. The lowest BCUT2D eigenvalue weighted by Crippen LogP contribution is -2.38. The van der Waals surface area contributed by atoms with Gasteiger partial charge in [-0.3, -0.25) is 9.78 Å². The maximum absolute atomic E-state index is 12.3. The molecule has 0 aliphatic carbocycles. The smallest absolute Gasteiger partial charge is 0.255 e. The van der Waals surface area contributed by atoms with Crippen molar-refractivity contribution in [3.8, 4) is 0 Å². The minimum atomic E-state index is 0.0750. The number of H-pyrrole nitrogens is 1. The topological polar surface area (TPSA) is 61.9 Å². The Morgan fingerprint density at radius 1 is 1.32 bits per heavy atom. The van der Waals surface area contributed by atoms with Crippen molar-refractivity contribution in [2.75, 3.05) is 13.1 Å². The highest BCUT2D eigenvalue weighted by molar-refractivity contribution is 5.93. The summed E-state index contributed by atoms with van der Waals surface area (Å²) < 4.78 is 0. The fourth-order valence-electron chi connectivity index (χ4n) is 2.53. The van der Waals surface area contributed by atoms with E-state index in [0.717, 1.165) is 31.8 Å². The van der Waals surface area contributed by atoms with Crippen molar-refractivity contribution in [3.63, 3.8) is 0 Å². The molecule has 0 unspecified atom stereocenters. The van der Waals surface area contributed by atoms with Gasteiger partial charge in [-0.1, -0.05) is 0 Å². The van der Waals surface area contributed by atoms with Gasteiger partial charge < -0.3 is 9.88 Å². The van der Waals surface area contributed by atoms with Gasteiger partial charge >= 0.3 is 0 Å². The lowest BCUT2D eigenvalue weighted by Gasteiger charge is -2.31. The second-order valence-electron chi connectivity index (χ2n) is 4.78. The largest absolute Gasteiger partial charge is 0.348 e. The van der Waals surface area contributed by atoms with Crippen molar-refractivity contribution in [3.05, 3.63) is 48.3 Å². The number of piperidine rings is 1. The number of carbonyl (C=O) groups excluding carboxylic acids is 1. The van der Waals surface area contributed by atoms with E-state index in [1.807, 2.05) is 17.2 Å². The molecule has 0 atom stereocenters. The zero-order valence-corrected chi connectivity index (χ0v) is 10.6. The van der Waals surface area contributed by atoms with Crippen LogP contribution in [-0.4, -0.2) is 38.8 Å². The Labute approximate surface area is 111 Å². The molecule has 1 amide bonds. The number of carbonyl (C=O) groups is 1. The Balaban J connectivity index is 1.63. The molecule has 0 bridgehead atoms. The standard InChI is InChI=1S/C14H16N4O/c19-14(12-2-1-5-15-10-12)18-8-3-11(4-9-18)13-16-6-7-17-13/h1-2,5-7,10-11H,3-4,8-9H2,(H,16,17). The third-order valence-electron chi connectivity index (χ3n) is 3.60. The zero-order valence-electron chi connectivity index (χ0n) is 10.6. The van der Waals surface area contributed by atoms with Gasteiger partial charge in [0.1, 0.15) is 5.82 Å². The first kappa shape index (κ1) is 11.9. The zero-order chi connectivity index (χ0) is 13.1. The summed E-state index contributed by atoms with van der Waals surface area (Å²) in [7, 11) is 0. The van der Waals surface area contributed by atoms with Gasteiger partial charge in [-0.15, -0.1) is 0 Å². The van der Waals surface area contributed by atoms with Gasteiger partial charge in [-0.05, 0) is 25.0 Å². The number of nitrogens with one attached hydrogen (secondary N) is 1. The van der Waals surface area contributed by atoms with E-state index >= 15 is 0 Å². The molecule has 1 saturated heterocycles. The van der Waals surface area contributed by atoms with Crippen molar-refractivity contribution in [2.45, 2.75) is 18.8 Å². The van der Waals surface area contributed by atoms with Crippen LogP contribution in [0.3, 0.4) is 0 Å². The van der Waals surface area contributed by atoms with E-state index in [0.29, 0.717) is 11.5 Å². The molecule has 1 aliphatic heterocycles. The van der Waals surface area contributed by atoms with Crippen LogP contribution >= 0.6 is 0 Å². The molecule has 2 aromatic rings. The number of likely N-dealkylation sites (tertiary alicyclic amines) is 1. The van der Waals surface area contributed by atoms with Crippen LogP contribution in [-0.2, 0) is 0 Å². The van der Waals surface area contributed by atoms with Crippen LogP contribution in [0.15, 0.2) is 36.9 Å². The van der Waals surface area contributed by atoms with Gasteiger partial charge in [-0.2, -0.15) is 0 Å². The van der Waals surface area contributed by atoms with Crippen LogP contribution in [0.5, 0.6) is 0 Å². The fourth-order valence-corrected chi connectivity index (χ4v) is 2.53. The molecule has 3 rings (SSSR count). The third-order valence-corrected chi connectivity index (χ3v) is 3.60. The molecule has 1 fully saturated rings. The van der Waals surface area contributed by atoms with Gasteiger partial charge in [0.2, 0.25) is 0 Å². The quantitative estimate of drug-likeness (QED) is 0.891. The van der Waals surface area contributed by atoms with Crippen LogP contribution in [0.1, 0.15) is 34.9 Å². The van der Waals surface area contributed by atoms with Gasteiger partial charge in [-0.25, -0.2) is 4.98 Å². The van der Waals surface area contributed by atoms with E-state index in [2.05, 4.69) is 15.0 Å². The Morgan fingerprint density at radius 3 is 2.79 bits per heavy atom. The number of amides is 1. The molecule has 3 heterocycles. The predicted octanol–water partition coefficient (Wildman–Crippen LogP) is 1.82. The van der Waals surface area contributed by atoms with Crippen molar-refractivity contribution in [1.29, 1.82) is 0 Å². The van der Waals surface area contributed by atoms with Gasteiger partial charge in [0.25, 0.3) is 5.91 Å². The van der Waals surface area contributed by atoms with Crippen LogP contribution in [0.25, 0.3) is 0 Å². The highest BCUT2D eigenvalue weighted by Gasteiger charge is 2.25. The molecular weight excluding hydrogens is 240 g/mol. The molecule has 19 heavy (non-hydrogen) atoms. The minimum Gasteiger partial charge on any atom is -0.348 e. The maximum atomic E-state index is 12.3. The summed E-state index contributed by atoms with van der Waals surface area (Å²) in [5.41, 5.74) is 0.666. The van der Waals surface area contributed by atoms with Crippen molar-refractivity contribution < 1.29 is 4.79 Å². The summed E-state index contributed by atoms with van der Waals surface area (Å²) in [4.78, 5) is 25.6. The maximum Gasteiger partial charge on any atom is 0.255 e. The minimum absolute atomic E-state index is 0.0750. The number of rotatable bonds is 2. The van der Waals surface area contributed by atoms with Crippen LogP contribution < -0.4 is 0 Å². The van der Waals surface area contributed by atoms with Gasteiger partial charge in [0, 0.05) is 43.8 Å². The van der Waals surface area contributed by atoms with Crippen molar-refractivity contribution in [1.82, 2.24) is 19.9 Å². The summed E-state index contributed by atoms with van der Waals surface area (Å²) in [5.74, 6) is 1.55. The van der Waals surface area contributed by atoms with E-state index in [1.165, 1.54) is 0 Å². The van der Waals surface area contributed by atoms with Crippen LogP contribution in [0, 0.1) is 0 Å². The second kappa shape index (κ2) is 5.22. The van der Waals surface area contributed by atoms with Crippen LogP contribution in [0.4, 0.5) is 0 Å². The number of hydrogen-bond donors (Lipinski definition) is 1. The van der Waals surface area contributed by atoms with Gasteiger partial charge in [0.05, 0.1) is 5.56 Å². The first-order chi connectivity index (χ1) is 9.34. The van der Waals surface area contributed by atoms with Crippen LogP contribution in [0.2, 0.25) is 0 Å². The molecule has 2 aromatic heterocycles. The molecule has 0 radical (unpaired) electrons. The monoisotopic (exact) mass is 256 g/mol. The molecule has 98 valence electrons. The summed E-state index contributed by atoms with van der Waals surface area (Å²) >= 11 is 0. The molecule has 5 heteroatoms. The van der Waals surface area contributed by atoms with Gasteiger partial charge in [0.15, 0.2) is 0 Å². The molecule has 5 nitrogen and oxygen atoms in total. The Hall–Kier alpha value is -2.17. The lowest BCUT2D eigenvalue weighted by atomic mass is 9.96. The first-order valence-corrected chi connectivity index (χ1v) is 6.53. The molecule has 1 N–H and O–H groups in total. The van der Waals surface area contributed by atoms with E-state index < -0.39 is 0 Å². The summed E-state index contributed by atoms with van der Waals surface area (Å²) in [6, 6.07) is 3.61. The number of pyridine rings is 1. The molecule has 0 spiro atoms. The molecular formula is C14H16N4O. The Kier molecular flexibility index (Phi) is 3.27. The molecule has 0 aromatic carbocycles. The number of aromatic amines is 1. The van der Waals surface area contributed by atoms with Crippen molar-refractivity contribution in [2.24, 2.45) is 0 Å².